The van der Waals surface area contributed by atoms with Crippen molar-refractivity contribution in [3.8, 4) is 22.6 Å². The Morgan fingerprint density at radius 2 is 1.74 bits per heavy atom. The van der Waals surface area contributed by atoms with E-state index in [9.17, 15) is 13.6 Å². The van der Waals surface area contributed by atoms with Gasteiger partial charge in [-0.25, -0.2) is 13.6 Å². The maximum Gasteiger partial charge on any atom is 0.413 e. The zero-order valence-electron chi connectivity index (χ0n) is 19.6. The molecule has 0 fully saturated rings. The van der Waals surface area contributed by atoms with Gasteiger partial charge >= 0.3 is 6.09 Å². The van der Waals surface area contributed by atoms with Crippen LogP contribution >= 0.6 is 0 Å². The van der Waals surface area contributed by atoms with Crippen molar-refractivity contribution >= 4 is 22.9 Å². The fourth-order valence-electron chi connectivity index (χ4n) is 3.39. The summed E-state index contributed by atoms with van der Waals surface area (Å²) in [4.78, 5) is 12.1. The van der Waals surface area contributed by atoms with Crippen molar-refractivity contribution in [2.75, 3.05) is 12.4 Å². The standard InChI is InChI=1S/C26H24F2N2O5/c1-26(2,3)34-25(31)29-24-19-11-15(5-10-22(19)35-30-24)14-33-17-8-6-16(7-9-17)18-12-20(27)21(28)13-23(18)32-4/h5-13H,14H2,1-4H3,(H,29,30,31). The van der Waals surface area contributed by atoms with E-state index in [1.165, 1.54) is 7.11 Å². The van der Waals surface area contributed by atoms with E-state index >= 15 is 0 Å². The molecule has 0 saturated carbocycles. The van der Waals surface area contributed by atoms with Crippen LogP contribution in [-0.4, -0.2) is 24.0 Å². The van der Waals surface area contributed by atoms with Gasteiger partial charge in [-0.05, 0) is 62.2 Å². The third-order valence-corrected chi connectivity index (χ3v) is 4.97. The second kappa shape index (κ2) is 9.61. The third kappa shape index (κ3) is 5.68. The molecule has 0 aliphatic carbocycles. The van der Waals surface area contributed by atoms with E-state index in [1.54, 1.807) is 57.2 Å². The number of aromatic nitrogens is 1. The van der Waals surface area contributed by atoms with Gasteiger partial charge in [-0.15, -0.1) is 0 Å². The normalized spacial score (nSPS) is 11.4. The van der Waals surface area contributed by atoms with Crippen LogP contribution in [0.25, 0.3) is 22.1 Å². The number of hydrogen-bond acceptors (Lipinski definition) is 6. The molecule has 4 rings (SSSR count). The van der Waals surface area contributed by atoms with Crippen molar-refractivity contribution in [1.29, 1.82) is 0 Å². The predicted octanol–water partition coefficient (Wildman–Crippen LogP) is 6.71. The number of ether oxygens (including phenoxy) is 3. The van der Waals surface area contributed by atoms with Gasteiger partial charge in [0.05, 0.1) is 12.5 Å². The fourth-order valence-corrected chi connectivity index (χ4v) is 3.39. The van der Waals surface area contributed by atoms with Crippen molar-refractivity contribution in [1.82, 2.24) is 5.16 Å². The first-order valence-corrected chi connectivity index (χ1v) is 10.8. The lowest BCUT2D eigenvalue weighted by Gasteiger charge is -2.19. The summed E-state index contributed by atoms with van der Waals surface area (Å²) in [5.74, 6) is -0.866. The van der Waals surface area contributed by atoms with Crippen molar-refractivity contribution in [2.45, 2.75) is 33.0 Å². The second-order valence-corrected chi connectivity index (χ2v) is 8.77. The molecule has 3 aromatic carbocycles. The lowest BCUT2D eigenvalue weighted by Crippen LogP contribution is -2.27. The van der Waals surface area contributed by atoms with Crippen LogP contribution in [0.2, 0.25) is 0 Å². The lowest BCUT2D eigenvalue weighted by molar-refractivity contribution is 0.0635. The van der Waals surface area contributed by atoms with Gasteiger partial charge in [-0.1, -0.05) is 23.4 Å². The molecule has 4 aromatic rings. The summed E-state index contributed by atoms with van der Waals surface area (Å²) >= 11 is 0. The zero-order valence-corrected chi connectivity index (χ0v) is 19.6. The Bertz CT molecular complexity index is 1360. The number of amides is 1. The van der Waals surface area contributed by atoms with E-state index in [4.69, 9.17) is 18.7 Å². The molecule has 1 heterocycles. The number of carbonyl (C=O) groups is 1. The first-order valence-electron chi connectivity index (χ1n) is 10.8. The molecule has 0 radical (unpaired) electrons. The molecule has 0 unspecified atom stereocenters. The molecular weight excluding hydrogens is 458 g/mol. The summed E-state index contributed by atoms with van der Waals surface area (Å²) in [5.41, 5.74) is 1.76. The summed E-state index contributed by atoms with van der Waals surface area (Å²) in [5, 5.41) is 7.10. The predicted molar refractivity (Wildman–Crippen MR) is 127 cm³/mol. The summed E-state index contributed by atoms with van der Waals surface area (Å²) in [6.07, 6.45) is -0.632. The molecular formula is C26H24F2N2O5. The van der Waals surface area contributed by atoms with E-state index in [0.29, 0.717) is 27.8 Å². The molecule has 7 nitrogen and oxygen atoms in total. The Morgan fingerprint density at radius 1 is 1.03 bits per heavy atom. The summed E-state index contributed by atoms with van der Waals surface area (Å²) in [6.45, 7) is 5.54. The molecule has 1 amide bonds. The Labute approximate surface area is 200 Å². The summed E-state index contributed by atoms with van der Waals surface area (Å²) in [7, 11) is 1.40. The Kier molecular flexibility index (Phi) is 6.59. The highest BCUT2D eigenvalue weighted by molar-refractivity contribution is 5.96. The smallest absolute Gasteiger partial charge is 0.413 e. The molecule has 1 N–H and O–H groups in total. The molecule has 0 atom stereocenters. The van der Waals surface area contributed by atoms with E-state index in [-0.39, 0.29) is 18.2 Å². The molecule has 0 aliphatic heterocycles. The van der Waals surface area contributed by atoms with Crippen LogP contribution < -0.4 is 14.8 Å². The van der Waals surface area contributed by atoms with E-state index < -0.39 is 23.3 Å². The largest absolute Gasteiger partial charge is 0.496 e. The topological polar surface area (TPSA) is 82.8 Å². The fraction of sp³-hybridized carbons (Fsp3) is 0.231. The zero-order chi connectivity index (χ0) is 25.2. The Morgan fingerprint density at radius 3 is 2.43 bits per heavy atom. The van der Waals surface area contributed by atoms with Crippen LogP contribution in [-0.2, 0) is 11.3 Å². The maximum atomic E-state index is 13.7. The lowest BCUT2D eigenvalue weighted by atomic mass is 10.0. The van der Waals surface area contributed by atoms with Gasteiger partial charge in [0, 0.05) is 11.6 Å². The van der Waals surface area contributed by atoms with Crippen LogP contribution in [0.1, 0.15) is 26.3 Å². The minimum Gasteiger partial charge on any atom is -0.496 e. The number of fused-ring (bicyclic) bond motifs is 1. The quantitative estimate of drug-likeness (QED) is 0.329. The molecule has 9 heteroatoms. The molecule has 35 heavy (non-hydrogen) atoms. The van der Waals surface area contributed by atoms with Gasteiger partial charge in [-0.3, -0.25) is 5.32 Å². The van der Waals surface area contributed by atoms with Crippen LogP contribution in [0.15, 0.2) is 59.1 Å². The van der Waals surface area contributed by atoms with Gasteiger partial charge in [-0.2, -0.15) is 0 Å². The van der Waals surface area contributed by atoms with Crippen molar-refractivity contribution in [3.63, 3.8) is 0 Å². The second-order valence-electron chi connectivity index (χ2n) is 8.77. The van der Waals surface area contributed by atoms with Crippen molar-refractivity contribution in [2.24, 2.45) is 0 Å². The molecule has 1 aromatic heterocycles. The van der Waals surface area contributed by atoms with Crippen molar-refractivity contribution < 1.29 is 32.3 Å². The first-order chi connectivity index (χ1) is 16.6. The monoisotopic (exact) mass is 482 g/mol. The third-order valence-electron chi connectivity index (χ3n) is 4.97. The van der Waals surface area contributed by atoms with Crippen LogP contribution in [0.3, 0.4) is 0 Å². The van der Waals surface area contributed by atoms with Gasteiger partial charge in [0.2, 0.25) is 0 Å². The Balaban J connectivity index is 1.46. The highest BCUT2D eigenvalue weighted by Gasteiger charge is 2.19. The van der Waals surface area contributed by atoms with E-state index in [0.717, 1.165) is 17.7 Å². The summed E-state index contributed by atoms with van der Waals surface area (Å²) in [6, 6.07) is 14.4. The number of halogens is 2. The molecule has 0 saturated heterocycles. The molecule has 0 bridgehead atoms. The van der Waals surface area contributed by atoms with Crippen molar-refractivity contribution in [3.05, 3.63) is 71.8 Å². The number of nitrogens with one attached hydrogen (secondary N) is 1. The van der Waals surface area contributed by atoms with Gasteiger partial charge in [0.25, 0.3) is 0 Å². The van der Waals surface area contributed by atoms with Crippen LogP contribution in [0.5, 0.6) is 11.5 Å². The maximum absolute atomic E-state index is 13.7. The highest BCUT2D eigenvalue weighted by Crippen LogP contribution is 2.33. The number of methoxy groups -OCH3 is 1. The minimum atomic E-state index is -0.972. The molecule has 0 aliphatic rings. The average Bonchev–Trinajstić information content (AvgIpc) is 3.20. The number of rotatable bonds is 6. The summed E-state index contributed by atoms with van der Waals surface area (Å²) < 4.78 is 48.8. The van der Waals surface area contributed by atoms with Gasteiger partial charge in [0.15, 0.2) is 23.0 Å². The Hall–Kier alpha value is -4.14. The van der Waals surface area contributed by atoms with Crippen LogP contribution in [0.4, 0.5) is 19.4 Å². The van der Waals surface area contributed by atoms with Gasteiger partial charge in [0.1, 0.15) is 23.7 Å². The molecule has 0 spiro atoms. The van der Waals surface area contributed by atoms with Gasteiger partial charge < -0.3 is 18.7 Å². The number of benzene rings is 3. The number of anilines is 1. The van der Waals surface area contributed by atoms with E-state index in [1.807, 2.05) is 6.07 Å². The first kappa shape index (κ1) is 24.0. The average molecular weight is 482 g/mol. The highest BCUT2D eigenvalue weighted by atomic mass is 19.2. The number of nitrogens with zero attached hydrogens (tertiary/aromatic N) is 1. The number of carbonyl (C=O) groups excluding carboxylic acids is 1. The number of hydrogen-bond donors (Lipinski definition) is 1. The van der Waals surface area contributed by atoms with Crippen LogP contribution in [0, 0.1) is 11.6 Å². The SMILES string of the molecule is COc1cc(F)c(F)cc1-c1ccc(OCc2ccc3onc(NC(=O)OC(C)(C)C)c3c2)cc1. The van der Waals surface area contributed by atoms with E-state index in [2.05, 4.69) is 10.5 Å². The molecule has 182 valence electrons. The minimum absolute atomic E-state index is 0.232.